The Morgan fingerprint density at radius 3 is 2.38 bits per heavy atom. The Bertz CT molecular complexity index is 109. The second-order valence-electron chi connectivity index (χ2n) is 3.21. The molecule has 0 N–H and O–H groups in total. The van der Waals surface area contributed by atoms with Crippen molar-refractivity contribution >= 4 is 11.8 Å². The van der Waals surface area contributed by atoms with Gasteiger partial charge in [-0.05, 0) is 18.3 Å². The van der Waals surface area contributed by atoms with Crippen LogP contribution in [0.25, 0.3) is 0 Å². The van der Waals surface area contributed by atoms with Crippen LogP contribution in [0.1, 0.15) is 20.3 Å². The Morgan fingerprint density at radius 2 is 2.12 bits per heavy atom. The van der Waals surface area contributed by atoms with Crippen LogP contribution < -0.4 is 0 Å². The summed E-state index contributed by atoms with van der Waals surface area (Å²) in [6.07, 6.45) is 1.50. The average Bonchev–Trinajstić information content (AvgIpc) is 2.39. The highest BCUT2D eigenvalue weighted by atomic mass is 32.2. The van der Waals surface area contributed by atoms with Gasteiger partial charge in [-0.1, -0.05) is 13.8 Å². The first-order valence-electron chi connectivity index (χ1n) is 3.44. The smallest absolute Gasteiger partial charge is 0.0198 e. The maximum absolute atomic E-state index is 2.40. The summed E-state index contributed by atoms with van der Waals surface area (Å²) in [6.45, 7) is 4.78. The number of rotatable bonds is 0. The van der Waals surface area contributed by atoms with Crippen LogP contribution >= 0.6 is 11.8 Å². The molecule has 2 fully saturated rings. The van der Waals surface area contributed by atoms with Gasteiger partial charge in [0.25, 0.3) is 0 Å². The normalized spacial score (nSPS) is 60.8. The quantitative estimate of drug-likeness (QED) is 0.450. The molecule has 4 atom stereocenters. The van der Waals surface area contributed by atoms with E-state index in [1.807, 2.05) is 0 Å². The molecule has 0 spiro atoms. The van der Waals surface area contributed by atoms with Gasteiger partial charge in [0.05, 0.1) is 0 Å². The lowest BCUT2D eigenvalue weighted by atomic mass is 10.0. The van der Waals surface area contributed by atoms with Gasteiger partial charge in [0.2, 0.25) is 0 Å². The van der Waals surface area contributed by atoms with Crippen molar-refractivity contribution in [3.8, 4) is 0 Å². The van der Waals surface area contributed by atoms with Gasteiger partial charge in [-0.15, -0.1) is 0 Å². The molecule has 8 heavy (non-hydrogen) atoms. The van der Waals surface area contributed by atoms with Gasteiger partial charge in [0.15, 0.2) is 0 Å². The van der Waals surface area contributed by atoms with E-state index in [-0.39, 0.29) is 0 Å². The van der Waals surface area contributed by atoms with Gasteiger partial charge >= 0.3 is 0 Å². The summed E-state index contributed by atoms with van der Waals surface area (Å²) in [4.78, 5) is 0. The third-order valence-electron chi connectivity index (χ3n) is 2.64. The molecule has 0 amide bonds. The third kappa shape index (κ3) is 0.540. The largest absolute Gasteiger partial charge is 0.153 e. The van der Waals surface area contributed by atoms with Gasteiger partial charge in [-0.2, -0.15) is 11.8 Å². The average molecular weight is 128 g/mol. The molecule has 2 rings (SSSR count). The topological polar surface area (TPSA) is 0 Å². The third-order valence-corrected chi connectivity index (χ3v) is 4.23. The molecule has 1 heterocycles. The highest BCUT2D eigenvalue weighted by Gasteiger charge is 2.50. The second kappa shape index (κ2) is 1.44. The van der Waals surface area contributed by atoms with E-state index < -0.39 is 0 Å². The monoisotopic (exact) mass is 128 g/mol. The maximum atomic E-state index is 2.40. The molecule has 0 radical (unpaired) electrons. The fourth-order valence-corrected chi connectivity index (χ4v) is 3.32. The van der Waals surface area contributed by atoms with E-state index in [2.05, 4.69) is 25.6 Å². The van der Waals surface area contributed by atoms with Crippen LogP contribution in [0.3, 0.4) is 0 Å². The zero-order valence-corrected chi connectivity index (χ0v) is 6.24. The van der Waals surface area contributed by atoms with E-state index in [0.717, 1.165) is 22.3 Å². The minimum Gasteiger partial charge on any atom is -0.153 e. The fraction of sp³-hybridized carbons (Fsp3) is 1.00. The van der Waals surface area contributed by atoms with E-state index in [1.54, 1.807) is 0 Å². The summed E-state index contributed by atoms with van der Waals surface area (Å²) in [6, 6.07) is 0. The van der Waals surface area contributed by atoms with Crippen LogP contribution in [-0.2, 0) is 0 Å². The van der Waals surface area contributed by atoms with Crippen LogP contribution in [0.4, 0.5) is 0 Å². The standard InChI is InChI=1S/C7H12S/c1-4-3-6-7(8-6)5(4)2/h4-7H,3H2,1-2H3. The summed E-state index contributed by atoms with van der Waals surface area (Å²) < 4.78 is 0. The van der Waals surface area contributed by atoms with Crippen LogP contribution in [-0.4, -0.2) is 10.5 Å². The summed E-state index contributed by atoms with van der Waals surface area (Å²) in [5.41, 5.74) is 0. The van der Waals surface area contributed by atoms with Gasteiger partial charge in [-0.3, -0.25) is 0 Å². The Kier molecular flexibility index (Phi) is 0.928. The molecule has 1 aliphatic carbocycles. The van der Waals surface area contributed by atoms with Crippen molar-refractivity contribution in [3.05, 3.63) is 0 Å². The van der Waals surface area contributed by atoms with E-state index in [9.17, 15) is 0 Å². The molecule has 0 nitrogen and oxygen atoms in total. The SMILES string of the molecule is CC1CC2SC2C1C. The Labute approximate surface area is 55.0 Å². The van der Waals surface area contributed by atoms with E-state index in [1.165, 1.54) is 6.42 Å². The summed E-state index contributed by atoms with van der Waals surface area (Å²) >= 11 is 2.19. The first-order chi connectivity index (χ1) is 3.79. The van der Waals surface area contributed by atoms with Crippen molar-refractivity contribution in [1.29, 1.82) is 0 Å². The maximum Gasteiger partial charge on any atom is 0.0198 e. The molecule has 0 aromatic heterocycles. The lowest BCUT2D eigenvalue weighted by Crippen LogP contribution is -2.04. The molecule has 46 valence electrons. The van der Waals surface area contributed by atoms with Gasteiger partial charge in [-0.25, -0.2) is 0 Å². The van der Waals surface area contributed by atoms with Crippen LogP contribution in [0.15, 0.2) is 0 Å². The lowest BCUT2D eigenvalue weighted by molar-refractivity contribution is 0.461. The zero-order chi connectivity index (χ0) is 5.72. The van der Waals surface area contributed by atoms with Gasteiger partial charge in [0, 0.05) is 10.5 Å². The first-order valence-corrected chi connectivity index (χ1v) is 4.39. The molecule has 2 aliphatic rings. The Balaban J connectivity index is 2.08. The van der Waals surface area contributed by atoms with E-state index in [0.29, 0.717) is 0 Å². The number of hydrogen-bond acceptors (Lipinski definition) is 1. The van der Waals surface area contributed by atoms with Crippen molar-refractivity contribution in [2.24, 2.45) is 11.8 Å². The van der Waals surface area contributed by atoms with Crippen LogP contribution in [0, 0.1) is 11.8 Å². The van der Waals surface area contributed by atoms with Gasteiger partial charge in [0.1, 0.15) is 0 Å². The molecule has 1 aliphatic heterocycles. The van der Waals surface area contributed by atoms with E-state index >= 15 is 0 Å². The summed E-state index contributed by atoms with van der Waals surface area (Å²) in [5, 5.41) is 2.16. The molecule has 0 aromatic carbocycles. The van der Waals surface area contributed by atoms with Crippen molar-refractivity contribution in [1.82, 2.24) is 0 Å². The summed E-state index contributed by atoms with van der Waals surface area (Å²) in [7, 11) is 0. The molecule has 1 saturated carbocycles. The number of hydrogen-bond donors (Lipinski definition) is 0. The van der Waals surface area contributed by atoms with Crippen molar-refractivity contribution < 1.29 is 0 Å². The van der Waals surface area contributed by atoms with Crippen LogP contribution in [0.5, 0.6) is 0 Å². The minimum absolute atomic E-state index is 1.02. The summed E-state index contributed by atoms with van der Waals surface area (Å²) in [5.74, 6) is 2.04. The first kappa shape index (κ1) is 5.16. The minimum atomic E-state index is 1.02. The lowest BCUT2D eigenvalue weighted by Gasteiger charge is -2.10. The molecular weight excluding hydrogens is 116 g/mol. The van der Waals surface area contributed by atoms with Crippen molar-refractivity contribution in [2.75, 3.05) is 0 Å². The fourth-order valence-electron chi connectivity index (χ4n) is 1.71. The van der Waals surface area contributed by atoms with Crippen LogP contribution in [0.2, 0.25) is 0 Å². The molecule has 0 aromatic rings. The highest BCUT2D eigenvalue weighted by molar-refractivity contribution is 8.07. The Morgan fingerprint density at radius 1 is 1.38 bits per heavy atom. The van der Waals surface area contributed by atoms with Crippen molar-refractivity contribution in [3.63, 3.8) is 0 Å². The predicted molar refractivity (Wildman–Crippen MR) is 38.1 cm³/mol. The Hall–Kier alpha value is 0.350. The molecule has 1 saturated heterocycles. The molecule has 4 unspecified atom stereocenters. The number of thioether (sulfide) groups is 1. The van der Waals surface area contributed by atoms with Crippen molar-refractivity contribution in [2.45, 2.75) is 30.8 Å². The molecular formula is C7H12S. The van der Waals surface area contributed by atoms with E-state index in [4.69, 9.17) is 0 Å². The van der Waals surface area contributed by atoms with Gasteiger partial charge < -0.3 is 0 Å². The predicted octanol–water partition coefficient (Wildman–Crippen LogP) is 2.15. The second-order valence-corrected chi connectivity index (χ2v) is 4.63. The molecule has 0 bridgehead atoms. The zero-order valence-electron chi connectivity index (χ0n) is 5.42. The number of fused-ring (bicyclic) bond motifs is 1. The molecule has 1 heteroatoms. The highest BCUT2D eigenvalue weighted by Crippen LogP contribution is 2.57.